The van der Waals surface area contributed by atoms with Crippen molar-refractivity contribution in [3.8, 4) is 5.75 Å². The summed E-state index contributed by atoms with van der Waals surface area (Å²) in [5.74, 6) is 0.485. The van der Waals surface area contributed by atoms with Crippen LogP contribution in [0.15, 0.2) is 42.2 Å². The number of halogens is 1. The lowest BCUT2D eigenvalue weighted by Gasteiger charge is -2.36. The zero-order valence-electron chi connectivity index (χ0n) is 19.2. The second kappa shape index (κ2) is 10.6. The van der Waals surface area contributed by atoms with Gasteiger partial charge in [-0.2, -0.15) is 0 Å². The van der Waals surface area contributed by atoms with Crippen molar-refractivity contribution in [1.82, 2.24) is 25.2 Å². The summed E-state index contributed by atoms with van der Waals surface area (Å²) in [7, 11) is 0. The summed E-state index contributed by atoms with van der Waals surface area (Å²) in [6.45, 7) is 5.28. The number of piperidine rings is 1. The molecule has 1 fully saturated rings. The van der Waals surface area contributed by atoms with Gasteiger partial charge in [0.1, 0.15) is 11.4 Å². The molecule has 10 heteroatoms. The molecule has 0 saturated carbocycles. The number of benzene rings is 1. The van der Waals surface area contributed by atoms with Gasteiger partial charge in [0.2, 0.25) is 0 Å². The van der Waals surface area contributed by atoms with E-state index in [1.54, 1.807) is 43.9 Å². The number of imidazole rings is 1. The molecule has 0 radical (unpaired) electrons. The molecule has 3 aromatic rings. The Balaban J connectivity index is 1.28. The molecule has 0 bridgehead atoms. The summed E-state index contributed by atoms with van der Waals surface area (Å²) in [6.07, 6.45) is 5.64. The number of rotatable bonds is 8. The van der Waals surface area contributed by atoms with Crippen LogP contribution < -0.4 is 10.1 Å². The van der Waals surface area contributed by atoms with Gasteiger partial charge in [0.05, 0.1) is 16.4 Å². The molecular formula is C24H28ClN5O3S. The third-order valence-electron chi connectivity index (χ3n) is 5.84. The normalized spacial score (nSPS) is 14.7. The van der Waals surface area contributed by atoms with E-state index < -0.39 is 5.60 Å². The quantitative estimate of drug-likeness (QED) is 0.485. The molecule has 34 heavy (non-hydrogen) atoms. The molecule has 1 aliphatic heterocycles. The highest BCUT2D eigenvalue weighted by Gasteiger charge is 2.37. The van der Waals surface area contributed by atoms with Gasteiger partial charge in [0.25, 0.3) is 11.8 Å². The van der Waals surface area contributed by atoms with Gasteiger partial charge >= 0.3 is 0 Å². The number of hydrogen-bond donors (Lipinski definition) is 2. The molecule has 2 N–H and O–H groups in total. The van der Waals surface area contributed by atoms with Crippen LogP contribution in [0, 0.1) is 0 Å². The largest absolute Gasteiger partial charge is 0.476 e. The molecule has 3 heterocycles. The smallest absolute Gasteiger partial charge is 0.270 e. The third-order valence-corrected chi connectivity index (χ3v) is 7.16. The van der Waals surface area contributed by atoms with Gasteiger partial charge in [-0.1, -0.05) is 23.7 Å². The molecule has 0 spiro atoms. The van der Waals surface area contributed by atoms with E-state index in [-0.39, 0.29) is 17.7 Å². The molecule has 0 unspecified atom stereocenters. The van der Waals surface area contributed by atoms with E-state index in [4.69, 9.17) is 16.3 Å². The fourth-order valence-corrected chi connectivity index (χ4v) is 5.10. The van der Waals surface area contributed by atoms with Gasteiger partial charge in [-0.3, -0.25) is 9.59 Å². The number of aromatic nitrogens is 3. The van der Waals surface area contributed by atoms with Crippen LogP contribution in [0.1, 0.15) is 53.8 Å². The van der Waals surface area contributed by atoms with E-state index in [1.807, 2.05) is 17.0 Å². The molecule has 180 valence electrons. The average Bonchev–Trinajstić information content (AvgIpc) is 3.53. The third kappa shape index (κ3) is 5.77. The Kier molecular flexibility index (Phi) is 7.53. The summed E-state index contributed by atoms with van der Waals surface area (Å²) < 4.78 is 5.96. The minimum absolute atomic E-state index is 0.0673. The minimum Gasteiger partial charge on any atom is -0.476 e. The van der Waals surface area contributed by atoms with Gasteiger partial charge in [0.15, 0.2) is 5.60 Å². The van der Waals surface area contributed by atoms with E-state index in [9.17, 15) is 9.59 Å². The van der Waals surface area contributed by atoms with Crippen molar-refractivity contribution in [1.29, 1.82) is 0 Å². The van der Waals surface area contributed by atoms with Crippen molar-refractivity contribution in [2.45, 2.75) is 44.6 Å². The maximum Gasteiger partial charge on any atom is 0.270 e. The Bertz CT molecular complexity index is 1120. The summed E-state index contributed by atoms with van der Waals surface area (Å²) in [4.78, 5) is 39.0. The van der Waals surface area contributed by atoms with Crippen molar-refractivity contribution < 1.29 is 14.3 Å². The highest BCUT2D eigenvalue weighted by Crippen LogP contribution is 2.33. The summed E-state index contributed by atoms with van der Waals surface area (Å²) in [6, 6.07) is 7.15. The number of amides is 2. The maximum absolute atomic E-state index is 13.1. The summed E-state index contributed by atoms with van der Waals surface area (Å²) in [5.41, 5.74) is 0.388. The van der Waals surface area contributed by atoms with Gasteiger partial charge in [-0.05, 0) is 38.8 Å². The van der Waals surface area contributed by atoms with Gasteiger partial charge < -0.3 is 19.9 Å². The Morgan fingerprint density at radius 2 is 2.06 bits per heavy atom. The Morgan fingerprint density at radius 1 is 1.29 bits per heavy atom. The predicted octanol–water partition coefficient (Wildman–Crippen LogP) is 4.06. The lowest BCUT2D eigenvalue weighted by Crippen LogP contribution is -2.51. The van der Waals surface area contributed by atoms with Crippen molar-refractivity contribution in [2.24, 2.45) is 0 Å². The maximum atomic E-state index is 13.1. The molecule has 8 nitrogen and oxygen atoms in total. The topological polar surface area (TPSA) is 100 Å². The summed E-state index contributed by atoms with van der Waals surface area (Å²) in [5, 5.41) is 6.12. The molecule has 0 atom stereocenters. The first-order valence-electron chi connectivity index (χ1n) is 11.3. The van der Waals surface area contributed by atoms with Crippen LogP contribution in [-0.4, -0.2) is 56.9 Å². The first kappa shape index (κ1) is 24.2. The number of likely N-dealkylation sites (tertiary alicyclic amines) is 1. The zero-order chi connectivity index (χ0) is 24.1. The van der Waals surface area contributed by atoms with Crippen LogP contribution in [0.4, 0.5) is 0 Å². The molecule has 1 aliphatic rings. The second-order valence-electron chi connectivity index (χ2n) is 8.76. The number of para-hydroxylation sites is 1. The van der Waals surface area contributed by atoms with E-state index in [1.165, 1.54) is 11.3 Å². The first-order valence-corrected chi connectivity index (χ1v) is 12.5. The number of nitrogens with one attached hydrogen (secondary N) is 2. The van der Waals surface area contributed by atoms with Crippen LogP contribution in [0.3, 0.4) is 0 Å². The molecule has 2 aromatic heterocycles. The van der Waals surface area contributed by atoms with Crippen LogP contribution >= 0.6 is 22.9 Å². The lowest BCUT2D eigenvalue weighted by atomic mass is 9.96. The second-order valence-corrected chi connectivity index (χ2v) is 10.1. The zero-order valence-corrected chi connectivity index (χ0v) is 20.8. The minimum atomic E-state index is -1.03. The molecular weight excluding hydrogens is 474 g/mol. The number of thiazole rings is 1. The molecule has 4 rings (SSSR count). The molecule has 1 saturated heterocycles. The van der Waals surface area contributed by atoms with E-state index in [0.29, 0.717) is 42.5 Å². The number of aromatic amines is 1. The Hall–Kier alpha value is -2.91. The number of carbonyl (C=O) groups is 2. The van der Waals surface area contributed by atoms with Crippen LogP contribution in [0.5, 0.6) is 5.75 Å². The fourth-order valence-electron chi connectivity index (χ4n) is 3.96. The van der Waals surface area contributed by atoms with E-state index in [0.717, 1.165) is 23.5 Å². The van der Waals surface area contributed by atoms with Crippen molar-refractivity contribution in [3.63, 3.8) is 0 Å². The molecule has 0 aliphatic carbocycles. The number of nitrogens with zero attached hydrogens (tertiary/aromatic N) is 3. The Morgan fingerprint density at radius 3 is 2.76 bits per heavy atom. The Labute approximate surface area is 207 Å². The predicted molar refractivity (Wildman–Crippen MR) is 131 cm³/mol. The van der Waals surface area contributed by atoms with E-state index >= 15 is 0 Å². The monoisotopic (exact) mass is 501 g/mol. The van der Waals surface area contributed by atoms with Crippen molar-refractivity contribution >= 4 is 34.8 Å². The summed E-state index contributed by atoms with van der Waals surface area (Å²) >= 11 is 7.70. The van der Waals surface area contributed by atoms with E-state index in [2.05, 4.69) is 20.3 Å². The highest BCUT2D eigenvalue weighted by atomic mass is 35.5. The van der Waals surface area contributed by atoms with Crippen LogP contribution in [-0.2, 0) is 11.2 Å². The number of carbonyl (C=O) groups excluding carboxylic acids is 2. The molecule has 1 aromatic carbocycles. The standard InChI is InChI=1S/C24H28ClN5O3S/c1-24(2,33-20-6-4-3-5-18(20)25)23(32)30-11-8-16(9-12-30)22-29-19(14-34-22)21(31)27-10-7-17-13-26-15-28-17/h3-6,13-16H,7-12H2,1-2H3,(H,26,28)(H,27,31). The molecule has 2 amide bonds. The van der Waals surface area contributed by atoms with Crippen molar-refractivity contribution in [2.75, 3.05) is 19.6 Å². The number of hydrogen-bond acceptors (Lipinski definition) is 6. The lowest BCUT2D eigenvalue weighted by molar-refractivity contribution is -0.146. The highest BCUT2D eigenvalue weighted by molar-refractivity contribution is 7.09. The van der Waals surface area contributed by atoms with Gasteiger partial charge in [0, 0.05) is 49.2 Å². The fraction of sp³-hybridized carbons (Fsp3) is 0.417. The number of H-pyrrole nitrogens is 1. The average molecular weight is 502 g/mol. The SMILES string of the molecule is CC(C)(Oc1ccccc1Cl)C(=O)N1CCC(c2nc(C(=O)NCCc3cnc[nH]3)cs2)CC1. The number of ether oxygens (including phenoxy) is 1. The van der Waals surface area contributed by atoms with Gasteiger partial charge in [-0.25, -0.2) is 9.97 Å². The van der Waals surface area contributed by atoms with Crippen LogP contribution in [0.2, 0.25) is 5.02 Å². The van der Waals surface area contributed by atoms with Crippen LogP contribution in [0.25, 0.3) is 0 Å². The van der Waals surface area contributed by atoms with Gasteiger partial charge in [-0.15, -0.1) is 11.3 Å². The van der Waals surface area contributed by atoms with Crippen molar-refractivity contribution in [3.05, 3.63) is 63.6 Å². The first-order chi connectivity index (χ1) is 16.3.